The monoisotopic (exact) mass is 240 g/mol. The second kappa shape index (κ2) is 6.39. The van der Waals surface area contributed by atoms with E-state index in [9.17, 15) is 4.79 Å². The molecule has 1 aliphatic heterocycles. The molecule has 1 heterocycles. The molecule has 3 nitrogen and oxygen atoms in total. The Kier molecular flexibility index (Phi) is 5.44. The molecule has 3 atom stereocenters. The Morgan fingerprint density at radius 1 is 1.35 bits per heavy atom. The summed E-state index contributed by atoms with van der Waals surface area (Å²) in [6.45, 7) is 10.8. The Labute approximate surface area is 106 Å². The first kappa shape index (κ1) is 14.5. The first-order valence-electron chi connectivity index (χ1n) is 7.09. The van der Waals surface area contributed by atoms with E-state index < -0.39 is 0 Å². The third-order valence-electron chi connectivity index (χ3n) is 3.61. The van der Waals surface area contributed by atoms with Gasteiger partial charge in [0.2, 0.25) is 5.91 Å². The molecular formula is C14H28N2O. The number of carbonyl (C=O) groups is 1. The topological polar surface area (TPSA) is 32.3 Å². The largest absolute Gasteiger partial charge is 0.323 e. The Balaban J connectivity index is 2.69. The number of hydrogen-bond donors (Lipinski definition) is 1. The summed E-state index contributed by atoms with van der Waals surface area (Å²) in [5.74, 6) is 0.876. The zero-order valence-electron chi connectivity index (χ0n) is 12.0. The first-order valence-corrected chi connectivity index (χ1v) is 7.09. The second-order valence-electron chi connectivity index (χ2n) is 5.62. The molecule has 0 radical (unpaired) electrons. The lowest BCUT2D eigenvalue weighted by Crippen LogP contribution is -2.42. The summed E-state index contributed by atoms with van der Waals surface area (Å²) in [5, 5.41) is 3.43. The molecule has 0 saturated carbocycles. The normalized spacial score (nSPS) is 26.9. The fourth-order valence-corrected chi connectivity index (χ4v) is 2.82. The van der Waals surface area contributed by atoms with Gasteiger partial charge < -0.3 is 4.90 Å². The van der Waals surface area contributed by atoms with Crippen molar-refractivity contribution in [1.29, 1.82) is 0 Å². The molecule has 3 heteroatoms. The zero-order valence-corrected chi connectivity index (χ0v) is 12.0. The molecule has 100 valence electrons. The van der Waals surface area contributed by atoms with E-state index in [1.165, 1.54) is 0 Å². The predicted octanol–water partition coefficient (Wildman–Crippen LogP) is 2.76. The lowest BCUT2D eigenvalue weighted by molar-refractivity contribution is -0.132. The third-order valence-corrected chi connectivity index (χ3v) is 3.61. The number of carbonyl (C=O) groups excluding carboxylic acids is 1. The van der Waals surface area contributed by atoms with Gasteiger partial charge in [-0.25, -0.2) is 0 Å². The highest BCUT2D eigenvalue weighted by Crippen LogP contribution is 2.22. The van der Waals surface area contributed by atoms with E-state index in [4.69, 9.17) is 0 Å². The standard InChI is InChI=1S/C14H28N2O/c1-6-8-12(7-2)16-11(5)15-13(14(16)17)9-10(3)4/h10-13,15H,6-9H2,1-5H3. The Morgan fingerprint density at radius 3 is 2.47 bits per heavy atom. The summed E-state index contributed by atoms with van der Waals surface area (Å²) in [6, 6.07) is 0.447. The van der Waals surface area contributed by atoms with Crippen molar-refractivity contribution in [3.05, 3.63) is 0 Å². The van der Waals surface area contributed by atoms with Crippen LogP contribution in [0.5, 0.6) is 0 Å². The molecule has 0 aliphatic carbocycles. The SMILES string of the molecule is CCCC(CC)N1C(=O)C(CC(C)C)NC1C. The van der Waals surface area contributed by atoms with Crippen molar-refractivity contribution in [2.75, 3.05) is 0 Å². The average molecular weight is 240 g/mol. The summed E-state index contributed by atoms with van der Waals surface area (Å²) >= 11 is 0. The fourth-order valence-electron chi connectivity index (χ4n) is 2.82. The highest BCUT2D eigenvalue weighted by molar-refractivity contribution is 5.84. The quantitative estimate of drug-likeness (QED) is 0.774. The Hall–Kier alpha value is -0.570. The average Bonchev–Trinajstić information content (AvgIpc) is 2.51. The van der Waals surface area contributed by atoms with E-state index in [-0.39, 0.29) is 12.2 Å². The Bertz CT molecular complexity index is 253. The molecule has 0 aromatic carbocycles. The van der Waals surface area contributed by atoms with Gasteiger partial charge in [-0.1, -0.05) is 34.1 Å². The molecule has 0 aromatic rings. The Morgan fingerprint density at radius 2 is 2.00 bits per heavy atom. The minimum absolute atomic E-state index is 0.0379. The highest BCUT2D eigenvalue weighted by Gasteiger charge is 2.39. The van der Waals surface area contributed by atoms with Crippen LogP contribution < -0.4 is 5.32 Å². The number of hydrogen-bond acceptors (Lipinski definition) is 2. The third kappa shape index (κ3) is 3.44. The van der Waals surface area contributed by atoms with Gasteiger partial charge in [-0.2, -0.15) is 0 Å². The number of amides is 1. The van der Waals surface area contributed by atoms with E-state index in [0.29, 0.717) is 17.9 Å². The van der Waals surface area contributed by atoms with Gasteiger partial charge in [0.05, 0.1) is 12.2 Å². The number of nitrogens with zero attached hydrogens (tertiary/aromatic N) is 1. The van der Waals surface area contributed by atoms with E-state index >= 15 is 0 Å². The molecule has 1 amide bonds. The van der Waals surface area contributed by atoms with Gasteiger partial charge in [0.25, 0.3) is 0 Å². The van der Waals surface area contributed by atoms with Crippen molar-refractivity contribution in [3.63, 3.8) is 0 Å². The van der Waals surface area contributed by atoms with Crippen LogP contribution in [0.3, 0.4) is 0 Å². The lowest BCUT2D eigenvalue weighted by Gasteiger charge is -2.30. The number of rotatable bonds is 6. The van der Waals surface area contributed by atoms with Crippen LogP contribution in [0.2, 0.25) is 0 Å². The second-order valence-corrected chi connectivity index (χ2v) is 5.62. The van der Waals surface area contributed by atoms with Gasteiger partial charge in [0.1, 0.15) is 0 Å². The van der Waals surface area contributed by atoms with Crippen LogP contribution >= 0.6 is 0 Å². The van der Waals surface area contributed by atoms with E-state index in [1.54, 1.807) is 0 Å². The van der Waals surface area contributed by atoms with Gasteiger partial charge in [0.15, 0.2) is 0 Å². The molecule has 1 N–H and O–H groups in total. The fraction of sp³-hybridized carbons (Fsp3) is 0.929. The van der Waals surface area contributed by atoms with Crippen LogP contribution in [0.1, 0.15) is 60.3 Å². The maximum atomic E-state index is 12.4. The minimum atomic E-state index is 0.0379. The zero-order chi connectivity index (χ0) is 13.0. The van der Waals surface area contributed by atoms with Crippen molar-refractivity contribution in [2.45, 2.75) is 78.6 Å². The summed E-state index contributed by atoms with van der Waals surface area (Å²) in [5.41, 5.74) is 0. The minimum Gasteiger partial charge on any atom is -0.323 e. The highest BCUT2D eigenvalue weighted by atomic mass is 16.2. The van der Waals surface area contributed by atoms with E-state index in [1.807, 2.05) is 0 Å². The van der Waals surface area contributed by atoms with Gasteiger partial charge in [-0.3, -0.25) is 10.1 Å². The van der Waals surface area contributed by atoms with Crippen LogP contribution in [0.25, 0.3) is 0 Å². The van der Waals surface area contributed by atoms with Crippen molar-refractivity contribution in [3.8, 4) is 0 Å². The van der Waals surface area contributed by atoms with Crippen LogP contribution in [0, 0.1) is 5.92 Å². The van der Waals surface area contributed by atoms with Gasteiger partial charge in [-0.05, 0) is 32.1 Å². The smallest absolute Gasteiger partial charge is 0.241 e. The molecule has 0 bridgehead atoms. The maximum absolute atomic E-state index is 12.4. The summed E-state index contributed by atoms with van der Waals surface area (Å²) < 4.78 is 0. The molecule has 0 aromatic heterocycles. The molecule has 1 rings (SSSR count). The van der Waals surface area contributed by atoms with Crippen LogP contribution in [-0.4, -0.2) is 29.1 Å². The van der Waals surface area contributed by atoms with Crippen molar-refractivity contribution < 1.29 is 4.79 Å². The van der Waals surface area contributed by atoms with E-state index in [0.717, 1.165) is 25.7 Å². The van der Waals surface area contributed by atoms with Gasteiger partial charge in [0, 0.05) is 6.04 Å². The summed E-state index contributed by atoms with van der Waals surface area (Å²) in [4.78, 5) is 14.5. The molecule has 3 unspecified atom stereocenters. The molecule has 1 fully saturated rings. The summed E-state index contributed by atoms with van der Waals surface area (Å²) in [6.07, 6.45) is 4.46. The predicted molar refractivity (Wildman–Crippen MR) is 71.7 cm³/mol. The molecule has 1 aliphatic rings. The maximum Gasteiger partial charge on any atom is 0.241 e. The molecular weight excluding hydrogens is 212 g/mol. The van der Waals surface area contributed by atoms with Gasteiger partial charge >= 0.3 is 0 Å². The van der Waals surface area contributed by atoms with Crippen LogP contribution in [0.4, 0.5) is 0 Å². The van der Waals surface area contributed by atoms with Crippen molar-refractivity contribution in [1.82, 2.24) is 10.2 Å². The first-order chi connectivity index (χ1) is 8.01. The van der Waals surface area contributed by atoms with Crippen LogP contribution in [-0.2, 0) is 4.79 Å². The molecule has 1 saturated heterocycles. The number of nitrogens with one attached hydrogen (secondary N) is 1. The van der Waals surface area contributed by atoms with Gasteiger partial charge in [-0.15, -0.1) is 0 Å². The van der Waals surface area contributed by atoms with E-state index in [2.05, 4.69) is 44.8 Å². The van der Waals surface area contributed by atoms with Crippen LogP contribution in [0.15, 0.2) is 0 Å². The molecule has 17 heavy (non-hydrogen) atoms. The van der Waals surface area contributed by atoms with Crippen molar-refractivity contribution in [2.24, 2.45) is 5.92 Å². The van der Waals surface area contributed by atoms with Crippen molar-refractivity contribution >= 4 is 5.91 Å². The lowest BCUT2D eigenvalue weighted by atomic mass is 10.0. The summed E-state index contributed by atoms with van der Waals surface area (Å²) in [7, 11) is 0. The molecule has 0 spiro atoms.